The lowest BCUT2D eigenvalue weighted by Gasteiger charge is -2.32. The van der Waals surface area contributed by atoms with Crippen LogP contribution in [0.4, 0.5) is 4.79 Å². The van der Waals surface area contributed by atoms with E-state index in [1.807, 2.05) is 6.92 Å². The summed E-state index contributed by atoms with van der Waals surface area (Å²) in [4.78, 5) is 35.2. The Balaban J connectivity index is 2.38. The predicted octanol–water partition coefficient (Wildman–Crippen LogP) is 0.537. The van der Waals surface area contributed by atoms with Crippen LogP contribution in [0.5, 0.6) is 0 Å². The molecule has 0 bridgehead atoms. The Labute approximate surface area is 118 Å². The Morgan fingerprint density at radius 2 is 1.95 bits per heavy atom. The van der Waals surface area contributed by atoms with Crippen molar-refractivity contribution in [3.05, 3.63) is 0 Å². The molecule has 0 aliphatic carbocycles. The number of rotatable bonds is 6. The number of primary amides is 1. The van der Waals surface area contributed by atoms with Gasteiger partial charge >= 0.3 is 12.0 Å². The number of amides is 3. The second-order valence-corrected chi connectivity index (χ2v) is 5.25. The van der Waals surface area contributed by atoms with Gasteiger partial charge in [0.05, 0.1) is 6.42 Å². The Morgan fingerprint density at radius 1 is 1.35 bits per heavy atom. The standard InChI is InChI=1S/C13H23N3O4/c1-2-10(8-12(18)19)15-13(20)16-5-3-9(4-6-16)7-11(14)17/h9-10H,2-8H2,1H3,(H2,14,17)(H,15,20)(H,18,19). The van der Waals surface area contributed by atoms with Gasteiger partial charge in [-0.2, -0.15) is 0 Å². The van der Waals surface area contributed by atoms with Gasteiger partial charge in [-0.05, 0) is 25.2 Å². The second-order valence-electron chi connectivity index (χ2n) is 5.25. The van der Waals surface area contributed by atoms with E-state index in [1.54, 1.807) is 4.90 Å². The zero-order valence-electron chi connectivity index (χ0n) is 11.8. The molecular formula is C13H23N3O4. The summed E-state index contributed by atoms with van der Waals surface area (Å²) >= 11 is 0. The van der Waals surface area contributed by atoms with Gasteiger partial charge < -0.3 is 21.1 Å². The third kappa shape index (κ3) is 5.46. The topological polar surface area (TPSA) is 113 Å². The molecule has 3 amide bonds. The number of piperidine rings is 1. The van der Waals surface area contributed by atoms with E-state index in [0.717, 1.165) is 12.8 Å². The van der Waals surface area contributed by atoms with Gasteiger partial charge in [-0.25, -0.2) is 4.79 Å². The van der Waals surface area contributed by atoms with Crippen LogP contribution in [0, 0.1) is 5.92 Å². The highest BCUT2D eigenvalue weighted by Gasteiger charge is 2.25. The molecule has 114 valence electrons. The van der Waals surface area contributed by atoms with Gasteiger partial charge in [-0.1, -0.05) is 6.92 Å². The molecule has 0 aromatic rings. The third-order valence-corrected chi connectivity index (χ3v) is 3.63. The monoisotopic (exact) mass is 285 g/mol. The fourth-order valence-electron chi connectivity index (χ4n) is 2.40. The van der Waals surface area contributed by atoms with E-state index in [0.29, 0.717) is 25.9 Å². The molecule has 1 unspecified atom stereocenters. The maximum absolute atomic E-state index is 12.0. The molecule has 1 heterocycles. The van der Waals surface area contributed by atoms with E-state index in [2.05, 4.69) is 5.32 Å². The second kappa shape index (κ2) is 7.72. The number of carboxylic acid groups (broad SMARTS) is 1. The van der Waals surface area contributed by atoms with E-state index in [4.69, 9.17) is 10.8 Å². The lowest BCUT2D eigenvalue weighted by atomic mass is 9.93. The van der Waals surface area contributed by atoms with Crippen molar-refractivity contribution in [2.75, 3.05) is 13.1 Å². The van der Waals surface area contributed by atoms with Gasteiger partial charge in [0.2, 0.25) is 5.91 Å². The average Bonchev–Trinajstić information content (AvgIpc) is 2.37. The molecule has 7 nitrogen and oxygen atoms in total. The largest absolute Gasteiger partial charge is 0.481 e. The highest BCUT2D eigenvalue weighted by molar-refractivity contribution is 5.76. The maximum Gasteiger partial charge on any atom is 0.317 e. The quantitative estimate of drug-likeness (QED) is 0.661. The van der Waals surface area contributed by atoms with Crippen molar-refractivity contribution < 1.29 is 19.5 Å². The van der Waals surface area contributed by atoms with Crippen LogP contribution in [0.25, 0.3) is 0 Å². The van der Waals surface area contributed by atoms with Crippen molar-refractivity contribution in [2.45, 2.75) is 45.1 Å². The summed E-state index contributed by atoms with van der Waals surface area (Å²) < 4.78 is 0. The minimum atomic E-state index is -0.919. The molecule has 0 aromatic carbocycles. The average molecular weight is 285 g/mol. The third-order valence-electron chi connectivity index (χ3n) is 3.63. The van der Waals surface area contributed by atoms with Crippen molar-refractivity contribution in [2.24, 2.45) is 11.7 Å². The molecular weight excluding hydrogens is 262 g/mol. The van der Waals surface area contributed by atoms with Gasteiger partial charge in [0, 0.05) is 25.6 Å². The number of carbonyl (C=O) groups is 3. The minimum absolute atomic E-state index is 0.0691. The molecule has 0 aromatic heterocycles. The smallest absolute Gasteiger partial charge is 0.317 e. The molecule has 4 N–H and O–H groups in total. The normalized spacial score (nSPS) is 17.6. The van der Waals surface area contributed by atoms with Gasteiger partial charge in [-0.3, -0.25) is 9.59 Å². The van der Waals surface area contributed by atoms with Crippen LogP contribution < -0.4 is 11.1 Å². The Bertz CT molecular complexity index is 365. The van der Waals surface area contributed by atoms with Gasteiger partial charge in [0.1, 0.15) is 0 Å². The first-order valence-corrected chi connectivity index (χ1v) is 6.97. The first-order chi connectivity index (χ1) is 9.42. The van der Waals surface area contributed by atoms with E-state index in [1.165, 1.54) is 0 Å². The van der Waals surface area contributed by atoms with E-state index in [9.17, 15) is 14.4 Å². The van der Waals surface area contributed by atoms with Gasteiger partial charge in [-0.15, -0.1) is 0 Å². The molecule has 1 aliphatic rings. The highest BCUT2D eigenvalue weighted by atomic mass is 16.4. The van der Waals surface area contributed by atoms with Crippen LogP contribution >= 0.6 is 0 Å². The zero-order valence-corrected chi connectivity index (χ0v) is 11.8. The van der Waals surface area contributed by atoms with Crippen LogP contribution in [0.3, 0.4) is 0 Å². The van der Waals surface area contributed by atoms with Crippen molar-refractivity contribution in [1.82, 2.24) is 10.2 Å². The van der Waals surface area contributed by atoms with Crippen LogP contribution in [-0.2, 0) is 9.59 Å². The fourth-order valence-corrected chi connectivity index (χ4v) is 2.40. The number of carbonyl (C=O) groups excluding carboxylic acids is 2. The fraction of sp³-hybridized carbons (Fsp3) is 0.769. The van der Waals surface area contributed by atoms with Crippen molar-refractivity contribution in [3.63, 3.8) is 0 Å². The molecule has 1 rings (SSSR count). The first kappa shape index (κ1) is 16.3. The summed E-state index contributed by atoms with van der Waals surface area (Å²) in [5.74, 6) is -0.977. The number of nitrogens with one attached hydrogen (secondary N) is 1. The molecule has 1 saturated heterocycles. The van der Waals surface area contributed by atoms with Gasteiger partial charge in [0.15, 0.2) is 0 Å². The molecule has 1 aliphatic heterocycles. The summed E-state index contributed by atoms with van der Waals surface area (Å²) in [7, 11) is 0. The number of likely N-dealkylation sites (tertiary alicyclic amines) is 1. The summed E-state index contributed by atoms with van der Waals surface area (Å²) in [6.07, 6.45) is 2.39. The number of hydrogen-bond donors (Lipinski definition) is 3. The first-order valence-electron chi connectivity index (χ1n) is 6.97. The number of hydrogen-bond acceptors (Lipinski definition) is 3. The number of carboxylic acids is 1. The summed E-state index contributed by atoms with van der Waals surface area (Å²) in [5.41, 5.74) is 5.16. The molecule has 0 radical (unpaired) electrons. The lowest BCUT2D eigenvalue weighted by Crippen LogP contribution is -2.48. The highest BCUT2D eigenvalue weighted by Crippen LogP contribution is 2.20. The lowest BCUT2D eigenvalue weighted by molar-refractivity contribution is -0.137. The summed E-state index contributed by atoms with van der Waals surface area (Å²) in [5, 5.41) is 11.5. The van der Waals surface area contributed by atoms with E-state index < -0.39 is 5.97 Å². The number of nitrogens with two attached hydrogens (primary N) is 1. The van der Waals surface area contributed by atoms with Crippen LogP contribution in [0.1, 0.15) is 39.0 Å². The summed E-state index contributed by atoms with van der Waals surface area (Å²) in [6.45, 7) is 2.99. The van der Waals surface area contributed by atoms with E-state index in [-0.39, 0.29) is 30.3 Å². The summed E-state index contributed by atoms with van der Waals surface area (Å²) in [6, 6.07) is -0.570. The Hall–Kier alpha value is -1.79. The van der Waals surface area contributed by atoms with E-state index >= 15 is 0 Å². The molecule has 1 atom stereocenters. The predicted molar refractivity (Wildman–Crippen MR) is 73.0 cm³/mol. The zero-order chi connectivity index (χ0) is 15.1. The number of nitrogens with zero attached hydrogens (tertiary/aromatic N) is 1. The number of aliphatic carboxylic acids is 1. The SMILES string of the molecule is CCC(CC(=O)O)NC(=O)N1CCC(CC(N)=O)CC1. The van der Waals surface area contributed by atoms with Crippen LogP contribution in [0.2, 0.25) is 0 Å². The molecule has 20 heavy (non-hydrogen) atoms. The van der Waals surface area contributed by atoms with Crippen molar-refractivity contribution in [1.29, 1.82) is 0 Å². The molecule has 0 saturated carbocycles. The Kier molecular flexibility index (Phi) is 6.27. The molecule has 7 heteroatoms. The van der Waals surface area contributed by atoms with Crippen molar-refractivity contribution in [3.8, 4) is 0 Å². The Morgan fingerprint density at radius 3 is 2.40 bits per heavy atom. The molecule has 1 fully saturated rings. The van der Waals surface area contributed by atoms with Gasteiger partial charge in [0.25, 0.3) is 0 Å². The maximum atomic E-state index is 12.0. The van der Waals surface area contributed by atoms with Crippen LogP contribution in [0.15, 0.2) is 0 Å². The number of urea groups is 1. The van der Waals surface area contributed by atoms with Crippen LogP contribution in [-0.4, -0.2) is 47.0 Å². The minimum Gasteiger partial charge on any atom is -0.481 e. The van der Waals surface area contributed by atoms with Crippen molar-refractivity contribution >= 4 is 17.9 Å². The molecule has 0 spiro atoms.